The molecule has 2 atom stereocenters. The standard InChI is InChI=1S/C13H25N3O2/c1-13(2,14)12(18)15-10-7-5-6-9(8-10)11(17)16(3)4/h9-10H,5-8,14H2,1-4H3,(H,15,18). The maximum Gasteiger partial charge on any atom is 0.239 e. The van der Waals surface area contributed by atoms with E-state index in [9.17, 15) is 9.59 Å². The second-order valence-corrected chi connectivity index (χ2v) is 5.99. The average molecular weight is 255 g/mol. The van der Waals surface area contributed by atoms with Crippen molar-refractivity contribution in [2.45, 2.75) is 51.1 Å². The molecule has 0 heterocycles. The summed E-state index contributed by atoms with van der Waals surface area (Å²) in [5.74, 6) is 0.0337. The van der Waals surface area contributed by atoms with Crippen molar-refractivity contribution in [1.29, 1.82) is 0 Å². The Morgan fingerprint density at radius 2 is 1.89 bits per heavy atom. The molecule has 18 heavy (non-hydrogen) atoms. The van der Waals surface area contributed by atoms with Crippen LogP contribution in [0.5, 0.6) is 0 Å². The molecule has 5 nitrogen and oxygen atoms in total. The SMILES string of the molecule is CN(C)C(=O)C1CCCC(NC(=O)C(C)(C)N)C1. The van der Waals surface area contributed by atoms with Gasteiger partial charge in [0.1, 0.15) is 0 Å². The number of nitrogens with zero attached hydrogens (tertiary/aromatic N) is 1. The van der Waals surface area contributed by atoms with E-state index >= 15 is 0 Å². The van der Waals surface area contributed by atoms with Gasteiger partial charge in [-0.3, -0.25) is 9.59 Å². The van der Waals surface area contributed by atoms with Gasteiger partial charge in [0, 0.05) is 26.1 Å². The summed E-state index contributed by atoms with van der Waals surface area (Å²) >= 11 is 0. The van der Waals surface area contributed by atoms with E-state index in [4.69, 9.17) is 5.73 Å². The Morgan fingerprint density at radius 3 is 2.39 bits per heavy atom. The summed E-state index contributed by atoms with van der Waals surface area (Å²) < 4.78 is 0. The van der Waals surface area contributed by atoms with Gasteiger partial charge in [0.05, 0.1) is 5.54 Å². The van der Waals surface area contributed by atoms with E-state index in [1.54, 1.807) is 32.8 Å². The molecule has 2 amide bonds. The molecule has 1 aliphatic carbocycles. The topological polar surface area (TPSA) is 75.4 Å². The lowest BCUT2D eigenvalue weighted by Crippen LogP contribution is -2.53. The molecule has 0 aromatic carbocycles. The number of amides is 2. The van der Waals surface area contributed by atoms with Crippen molar-refractivity contribution >= 4 is 11.8 Å². The Balaban J connectivity index is 2.54. The van der Waals surface area contributed by atoms with E-state index in [0.717, 1.165) is 25.7 Å². The zero-order chi connectivity index (χ0) is 13.9. The van der Waals surface area contributed by atoms with Gasteiger partial charge in [-0.25, -0.2) is 0 Å². The molecule has 0 aliphatic heterocycles. The second-order valence-electron chi connectivity index (χ2n) is 5.99. The van der Waals surface area contributed by atoms with Gasteiger partial charge in [-0.05, 0) is 33.1 Å². The van der Waals surface area contributed by atoms with Crippen molar-refractivity contribution in [3.63, 3.8) is 0 Å². The maximum absolute atomic E-state index is 11.9. The fourth-order valence-electron chi connectivity index (χ4n) is 2.28. The van der Waals surface area contributed by atoms with Crippen molar-refractivity contribution in [1.82, 2.24) is 10.2 Å². The van der Waals surface area contributed by atoms with E-state index < -0.39 is 5.54 Å². The third-order valence-corrected chi connectivity index (χ3v) is 3.38. The third kappa shape index (κ3) is 3.98. The van der Waals surface area contributed by atoms with Gasteiger partial charge in [0.25, 0.3) is 0 Å². The van der Waals surface area contributed by atoms with Crippen LogP contribution < -0.4 is 11.1 Å². The highest BCUT2D eigenvalue weighted by Gasteiger charge is 2.31. The predicted molar refractivity (Wildman–Crippen MR) is 70.8 cm³/mol. The largest absolute Gasteiger partial charge is 0.352 e. The van der Waals surface area contributed by atoms with Gasteiger partial charge in [0.2, 0.25) is 11.8 Å². The Morgan fingerprint density at radius 1 is 1.28 bits per heavy atom. The first kappa shape index (κ1) is 15.0. The molecule has 0 spiro atoms. The van der Waals surface area contributed by atoms with Crippen molar-refractivity contribution < 1.29 is 9.59 Å². The maximum atomic E-state index is 11.9. The average Bonchev–Trinajstić information content (AvgIpc) is 2.27. The lowest BCUT2D eigenvalue weighted by Gasteiger charge is -2.32. The summed E-state index contributed by atoms with van der Waals surface area (Å²) in [5, 5.41) is 2.95. The Kier molecular flexibility index (Phi) is 4.73. The number of hydrogen-bond donors (Lipinski definition) is 2. The van der Waals surface area contributed by atoms with Crippen LogP contribution in [0.3, 0.4) is 0 Å². The molecule has 1 rings (SSSR count). The van der Waals surface area contributed by atoms with Crippen LogP contribution in [0, 0.1) is 5.92 Å². The molecule has 3 N–H and O–H groups in total. The number of rotatable bonds is 3. The Hall–Kier alpha value is -1.10. The highest BCUT2D eigenvalue weighted by Crippen LogP contribution is 2.25. The summed E-state index contributed by atoms with van der Waals surface area (Å²) in [7, 11) is 3.54. The molecule has 1 saturated carbocycles. The van der Waals surface area contributed by atoms with Crippen LogP contribution >= 0.6 is 0 Å². The molecule has 2 unspecified atom stereocenters. The van der Waals surface area contributed by atoms with E-state index in [2.05, 4.69) is 5.32 Å². The van der Waals surface area contributed by atoms with Crippen LogP contribution in [0.25, 0.3) is 0 Å². The number of hydrogen-bond acceptors (Lipinski definition) is 3. The number of carbonyl (C=O) groups excluding carboxylic acids is 2. The number of nitrogens with one attached hydrogen (secondary N) is 1. The van der Waals surface area contributed by atoms with Gasteiger partial charge in [0.15, 0.2) is 0 Å². The highest BCUT2D eigenvalue weighted by molar-refractivity contribution is 5.85. The third-order valence-electron chi connectivity index (χ3n) is 3.38. The van der Waals surface area contributed by atoms with Crippen molar-refractivity contribution in [3.05, 3.63) is 0 Å². The minimum atomic E-state index is -0.863. The van der Waals surface area contributed by atoms with Crippen LogP contribution in [0.2, 0.25) is 0 Å². The molecule has 1 fully saturated rings. The summed E-state index contributed by atoms with van der Waals surface area (Å²) in [6, 6.07) is 0.0722. The van der Waals surface area contributed by atoms with E-state index in [1.807, 2.05) is 0 Å². The monoisotopic (exact) mass is 255 g/mol. The Labute approximate surface area is 109 Å². The molecule has 0 bridgehead atoms. The fourth-order valence-corrected chi connectivity index (χ4v) is 2.28. The minimum Gasteiger partial charge on any atom is -0.352 e. The number of carbonyl (C=O) groups is 2. The summed E-state index contributed by atoms with van der Waals surface area (Å²) in [6.45, 7) is 3.38. The first-order chi connectivity index (χ1) is 8.21. The van der Waals surface area contributed by atoms with Crippen molar-refractivity contribution in [2.75, 3.05) is 14.1 Å². The first-order valence-electron chi connectivity index (χ1n) is 6.53. The van der Waals surface area contributed by atoms with Gasteiger partial charge in [-0.2, -0.15) is 0 Å². The van der Waals surface area contributed by atoms with Crippen LogP contribution in [-0.4, -0.2) is 42.4 Å². The van der Waals surface area contributed by atoms with E-state index in [1.165, 1.54) is 0 Å². The lowest BCUT2D eigenvalue weighted by atomic mass is 9.84. The molecule has 0 saturated heterocycles. The van der Waals surface area contributed by atoms with Crippen molar-refractivity contribution in [3.8, 4) is 0 Å². The predicted octanol–water partition coefficient (Wildman–Crippen LogP) is 0.487. The molecule has 1 aliphatic rings. The fraction of sp³-hybridized carbons (Fsp3) is 0.846. The van der Waals surface area contributed by atoms with Crippen LogP contribution in [0.15, 0.2) is 0 Å². The minimum absolute atomic E-state index is 0.0277. The molecule has 0 radical (unpaired) electrons. The quantitative estimate of drug-likeness (QED) is 0.770. The first-order valence-corrected chi connectivity index (χ1v) is 6.53. The summed E-state index contributed by atoms with van der Waals surface area (Å²) in [5.41, 5.74) is 4.89. The summed E-state index contributed by atoms with van der Waals surface area (Å²) in [6.07, 6.45) is 3.54. The zero-order valence-corrected chi connectivity index (χ0v) is 11.8. The van der Waals surface area contributed by atoms with Gasteiger partial charge >= 0.3 is 0 Å². The molecular weight excluding hydrogens is 230 g/mol. The van der Waals surface area contributed by atoms with Crippen LogP contribution in [-0.2, 0) is 9.59 Å². The van der Waals surface area contributed by atoms with Crippen molar-refractivity contribution in [2.24, 2.45) is 11.7 Å². The zero-order valence-electron chi connectivity index (χ0n) is 11.8. The van der Waals surface area contributed by atoms with Crippen LogP contribution in [0.1, 0.15) is 39.5 Å². The van der Waals surface area contributed by atoms with Gasteiger partial charge in [-0.1, -0.05) is 6.42 Å². The van der Waals surface area contributed by atoms with Crippen LogP contribution in [0.4, 0.5) is 0 Å². The van der Waals surface area contributed by atoms with E-state index in [0.29, 0.717) is 0 Å². The normalized spacial score (nSPS) is 24.5. The van der Waals surface area contributed by atoms with E-state index in [-0.39, 0.29) is 23.8 Å². The summed E-state index contributed by atoms with van der Waals surface area (Å²) in [4.78, 5) is 25.4. The Bertz CT molecular complexity index is 321. The molecule has 5 heteroatoms. The van der Waals surface area contributed by atoms with Gasteiger partial charge < -0.3 is 16.0 Å². The molecule has 0 aromatic rings. The number of nitrogens with two attached hydrogens (primary N) is 1. The molecular formula is C13H25N3O2. The molecule has 104 valence electrons. The smallest absolute Gasteiger partial charge is 0.239 e. The lowest BCUT2D eigenvalue weighted by molar-refractivity contribution is -0.135. The highest BCUT2D eigenvalue weighted by atomic mass is 16.2. The molecule has 0 aromatic heterocycles. The van der Waals surface area contributed by atoms with Gasteiger partial charge in [-0.15, -0.1) is 0 Å². The second kappa shape index (κ2) is 5.69.